The minimum absolute atomic E-state index is 0.0336. The van der Waals surface area contributed by atoms with Crippen LogP contribution in [0.3, 0.4) is 0 Å². The number of hydrogen-bond donors (Lipinski definition) is 2. The van der Waals surface area contributed by atoms with E-state index < -0.39 is 0 Å². The second-order valence-electron chi connectivity index (χ2n) is 9.48. The Morgan fingerprint density at radius 3 is 2.39 bits per heavy atom. The van der Waals surface area contributed by atoms with E-state index in [1.54, 1.807) is 6.20 Å². The van der Waals surface area contributed by atoms with E-state index >= 15 is 0 Å². The number of aromatic nitrogens is 2. The van der Waals surface area contributed by atoms with Crippen molar-refractivity contribution in [1.82, 2.24) is 20.2 Å². The first-order chi connectivity index (χ1) is 15.1. The molecule has 8 heteroatoms. The molecule has 2 N–H and O–H groups in total. The lowest BCUT2D eigenvalue weighted by Gasteiger charge is -2.26. The number of rotatable bonds is 8. The van der Waals surface area contributed by atoms with Crippen LogP contribution in [0.4, 0.5) is 5.82 Å². The van der Waals surface area contributed by atoms with Crippen molar-refractivity contribution in [3.63, 3.8) is 0 Å². The van der Waals surface area contributed by atoms with Gasteiger partial charge >= 0.3 is 0 Å². The fourth-order valence-corrected chi connectivity index (χ4v) is 6.30. The summed E-state index contributed by atoms with van der Waals surface area (Å²) in [6, 6.07) is 0. The number of anilines is 1. The number of nitrogens with one attached hydrogen (secondary N) is 2. The van der Waals surface area contributed by atoms with Crippen LogP contribution in [0.2, 0.25) is 0 Å². The molecule has 2 bridgehead atoms. The number of likely N-dealkylation sites (tertiary alicyclic amines) is 1. The molecule has 0 unspecified atom stereocenters. The van der Waals surface area contributed by atoms with Crippen molar-refractivity contribution in [2.45, 2.75) is 38.5 Å². The summed E-state index contributed by atoms with van der Waals surface area (Å²) < 4.78 is 0.618. The molecule has 3 aliphatic carbocycles. The SMILES string of the molecule is O=C(NCCCCN1CCCC1)[C@H]1[C@H](C(=O)Nc2cnc(Br)cn2)[C@@H]2C=C[C@H]1C21CC1. The molecule has 31 heavy (non-hydrogen) atoms. The fraction of sp³-hybridized carbons (Fsp3) is 0.652. The van der Waals surface area contributed by atoms with Gasteiger partial charge in [0, 0.05) is 6.54 Å². The Morgan fingerprint density at radius 1 is 1.03 bits per heavy atom. The molecule has 2 amide bonds. The van der Waals surface area contributed by atoms with Crippen LogP contribution in [0.15, 0.2) is 29.1 Å². The van der Waals surface area contributed by atoms with E-state index in [0.29, 0.717) is 17.0 Å². The van der Waals surface area contributed by atoms with Gasteiger partial charge < -0.3 is 15.5 Å². The Hall–Kier alpha value is -1.80. The Bertz CT molecular complexity index is 863. The molecule has 2 saturated carbocycles. The lowest BCUT2D eigenvalue weighted by Crippen LogP contribution is -2.42. The first kappa shape index (κ1) is 21.1. The van der Waals surface area contributed by atoms with Gasteiger partial charge in [0.15, 0.2) is 5.82 Å². The van der Waals surface area contributed by atoms with Gasteiger partial charge in [-0.05, 0) is 91.3 Å². The fourth-order valence-electron chi connectivity index (χ4n) is 6.09. The van der Waals surface area contributed by atoms with E-state index in [9.17, 15) is 9.59 Å². The predicted molar refractivity (Wildman–Crippen MR) is 121 cm³/mol. The highest BCUT2D eigenvalue weighted by Gasteiger charge is 2.69. The van der Waals surface area contributed by atoms with Crippen LogP contribution in [-0.2, 0) is 9.59 Å². The van der Waals surface area contributed by atoms with Crippen molar-refractivity contribution in [3.05, 3.63) is 29.1 Å². The number of hydrogen-bond acceptors (Lipinski definition) is 5. The second kappa shape index (κ2) is 8.62. The van der Waals surface area contributed by atoms with Crippen LogP contribution >= 0.6 is 15.9 Å². The monoisotopic (exact) mass is 487 g/mol. The van der Waals surface area contributed by atoms with E-state index in [4.69, 9.17) is 0 Å². The number of amides is 2. The summed E-state index contributed by atoms with van der Waals surface area (Å²) >= 11 is 3.26. The third-order valence-electron chi connectivity index (χ3n) is 7.72. The van der Waals surface area contributed by atoms with E-state index in [1.165, 1.54) is 32.1 Å². The molecule has 0 aromatic carbocycles. The van der Waals surface area contributed by atoms with Crippen LogP contribution in [0.25, 0.3) is 0 Å². The molecule has 2 heterocycles. The summed E-state index contributed by atoms with van der Waals surface area (Å²) in [5.41, 5.74) is 0.130. The molecular formula is C23H30BrN5O2. The molecule has 166 valence electrons. The summed E-state index contributed by atoms with van der Waals surface area (Å²) in [7, 11) is 0. The highest BCUT2D eigenvalue weighted by Crippen LogP contribution is 2.72. The standard InChI is InChI=1S/C23H30BrN5O2/c24-17-13-27-18(14-26-17)28-22(31)20-16-6-5-15(23(16)7-8-23)19(20)21(30)25-9-1-2-10-29-11-3-4-12-29/h5-6,13-16,19-20H,1-4,7-12H2,(H,25,30)(H,27,28,31)/t15-,16+,19-,20-/m1/s1. The minimum Gasteiger partial charge on any atom is -0.356 e. The summed E-state index contributed by atoms with van der Waals surface area (Å²) in [6.07, 6.45) is 14.4. The van der Waals surface area contributed by atoms with Crippen LogP contribution in [0.5, 0.6) is 0 Å². The molecule has 3 fully saturated rings. The van der Waals surface area contributed by atoms with Gasteiger partial charge in [-0.2, -0.15) is 0 Å². The van der Waals surface area contributed by atoms with Gasteiger partial charge in [-0.3, -0.25) is 9.59 Å². The van der Waals surface area contributed by atoms with Gasteiger partial charge in [0.05, 0.1) is 24.2 Å². The summed E-state index contributed by atoms with van der Waals surface area (Å²) in [4.78, 5) is 37.3. The maximum atomic E-state index is 13.2. The number of carbonyl (C=O) groups excluding carboxylic acids is 2. The largest absolute Gasteiger partial charge is 0.356 e. The van der Waals surface area contributed by atoms with Crippen molar-refractivity contribution in [3.8, 4) is 0 Å². The zero-order chi connectivity index (χ0) is 21.4. The topological polar surface area (TPSA) is 87.2 Å². The number of carbonyl (C=O) groups is 2. The summed E-state index contributed by atoms with van der Waals surface area (Å²) in [6.45, 7) is 4.23. The van der Waals surface area contributed by atoms with Gasteiger partial charge in [0.1, 0.15) is 4.60 Å². The highest BCUT2D eigenvalue weighted by molar-refractivity contribution is 9.10. The van der Waals surface area contributed by atoms with E-state index in [0.717, 1.165) is 32.2 Å². The first-order valence-electron chi connectivity index (χ1n) is 11.6. The normalized spacial score (nSPS) is 30.1. The van der Waals surface area contributed by atoms with Crippen LogP contribution in [0, 0.1) is 29.1 Å². The Kier molecular flexibility index (Phi) is 5.86. The first-order valence-corrected chi connectivity index (χ1v) is 12.3. The van der Waals surface area contributed by atoms with Gasteiger partial charge in [0.2, 0.25) is 11.8 Å². The molecule has 1 saturated heterocycles. The molecule has 7 nitrogen and oxygen atoms in total. The van der Waals surface area contributed by atoms with E-state index in [1.807, 2.05) is 0 Å². The Morgan fingerprint density at radius 2 is 1.74 bits per heavy atom. The van der Waals surface area contributed by atoms with Crippen LogP contribution in [-0.4, -0.2) is 52.9 Å². The lowest BCUT2D eigenvalue weighted by molar-refractivity contribution is -0.132. The summed E-state index contributed by atoms with van der Waals surface area (Å²) in [5, 5.41) is 6.05. The van der Waals surface area contributed by atoms with Gasteiger partial charge in [0.25, 0.3) is 0 Å². The highest BCUT2D eigenvalue weighted by atomic mass is 79.9. The van der Waals surface area contributed by atoms with Crippen molar-refractivity contribution in [2.75, 3.05) is 31.5 Å². The third-order valence-corrected chi connectivity index (χ3v) is 8.13. The van der Waals surface area contributed by atoms with Crippen LogP contribution < -0.4 is 10.6 Å². The Labute approximate surface area is 191 Å². The van der Waals surface area contributed by atoms with E-state index in [2.05, 4.69) is 53.6 Å². The second-order valence-corrected chi connectivity index (χ2v) is 10.3. The number of halogens is 1. The molecule has 5 rings (SSSR count). The zero-order valence-electron chi connectivity index (χ0n) is 17.7. The van der Waals surface area contributed by atoms with Gasteiger partial charge in [-0.1, -0.05) is 12.2 Å². The number of nitrogens with zero attached hydrogens (tertiary/aromatic N) is 3. The van der Waals surface area contributed by atoms with Crippen molar-refractivity contribution in [1.29, 1.82) is 0 Å². The van der Waals surface area contributed by atoms with Gasteiger partial charge in [-0.15, -0.1) is 0 Å². The van der Waals surface area contributed by atoms with Crippen molar-refractivity contribution in [2.24, 2.45) is 29.1 Å². The Balaban J connectivity index is 1.20. The molecule has 1 spiro atoms. The molecule has 4 aliphatic rings. The number of unbranched alkanes of at least 4 members (excludes halogenated alkanes) is 1. The summed E-state index contributed by atoms with van der Waals surface area (Å²) in [5.74, 6) is 0.0267. The minimum atomic E-state index is -0.340. The number of allylic oxidation sites excluding steroid dienone is 2. The predicted octanol–water partition coefficient (Wildman–Crippen LogP) is 3.00. The molecule has 1 aromatic rings. The molecule has 0 radical (unpaired) electrons. The van der Waals surface area contributed by atoms with Gasteiger partial charge in [-0.25, -0.2) is 9.97 Å². The third kappa shape index (κ3) is 4.04. The van der Waals surface area contributed by atoms with E-state index in [-0.39, 0.29) is 40.9 Å². The molecule has 1 aliphatic heterocycles. The lowest BCUT2D eigenvalue weighted by atomic mass is 9.81. The molecule has 1 aromatic heterocycles. The average Bonchev–Trinajstić information content (AvgIpc) is 3.12. The zero-order valence-corrected chi connectivity index (χ0v) is 19.3. The molecular weight excluding hydrogens is 458 g/mol. The maximum absolute atomic E-state index is 13.2. The average molecular weight is 488 g/mol. The van der Waals surface area contributed by atoms with Crippen LogP contribution in [0.1, 0.15) is 38.5 Å². The quantitative estimate of drug-likeness (QED) is 0.434. The van der Waals surface area contributed by atoms with Crippen molar-refractivity contribution >= 4 is 33.6 Å². The molecule has 4 atom stereocenters. The maximum Gasteiger partial charge on any atom is 0.230 e. The smallest absolute Gasteiger partial charge is 0.230 e. The van der Waals surface area contributed by atoms with Crippen molar-refractivity contribution < 1.29 is 9.59 Å².